The number of aryl methyl sites for hydroxylation is 1. The maximum absolute atomic E-state index is 15.7. The first-order valence-corrected chi connectivity index (χ1v) is 14.2. The molecular formula is C32H33FN6O5. The normalized spacial score (nSPS) is 15.5. The molecule has 1 aliphatic heterocycles. The first-order valence-electron chi connectivity index (χ1n) is 14.2. The average Bonchev–Trinajstić information content (AvgIpc) is 3.41. The summed E-state index contributed by atoms with van der Waals surface area (Å²) in [6.07, 6.45) is 6.35. The van der Waals surface area contributed by atoms with Crippen molar-refractivity contribution >= 4 is 40.6 Å². The van der Waals surface area contributed by atoms with Crippen LogP contribution in [-0.4, -0.2) is 72.7 Å². The third-order valence-electron chi connectivity index (χ3n) is 7.14. The number of piperidine rings is 1. The minimum absolute atomic E-state index is 0.160. The highest BCUT2D eigenvalue weighted by molar-refractivity contribution is 6.10. The van der Waals surface area contributed by atoms with Crippen LogP contribution in [0, 0.1) is 5.82 Å². The number of rotatable bonds is 6. The van der Waals surface area contributed by atoms with Gasteiger partial charge in [0.15, 0.2) is 0 Å². The Kier molecular flexibility index (Phi) is 8.43. The number of carbonyl (C=O) groups excluding carboxylic acids is 2. The molecule has 3 heterocycles. The quantitative estimate of drug-likeness (QED) is 0.295. The van der Waals surface area contributed by atoms with E-state index in [0.717, 1.165) is 6.08 Å². The number of hydrogen-bond acceptors (Lipinski definition) is 7. The third kappa shape index (κ3) is 6.74. The lowest BCUT2D eigenvalue weighted by molar-refractivity contribution is -0.131. The SMILES string of the molecule is Cn1cc(-c2ccc(C(=O)N(c3nccc4cc(/C=C/C(=O)O)ccc34)[C@@H]3CCCN(C(=O)OC(C)(C)C)C3)c(F)c2)nn1. The van der Waals surface area contributed by atoms with Gasteiger partial charge in [-0.15, -0.1) is 5.10 Å². The second-order valence-electron chi connectivity index (χ2n) is 11.7. The van der Waals surface area contributed by atoms with E-state index < -0.39 is 35.4 Å². The summed E-state index contributed by atoms with van der Waals surface area (Å²) in [5.74, 6) is -2.12. The van der Waals surface area contributed by atoms with Crippen molar-refractivity contribution in [1.29, 1.82) is 0 Å². The second-order valence-corrected chi connectivity index (χ2v) is 11.7. The lowest BCUT2D eigenvalue weighted by Gasteiger charge is -2.39. The van der Waals surface area contributed by atoms with Crippen molar-refractivity contribution in [2.24, 2.45) is 7.05 Å². The number of pyridine rings is 1. The molecule has 0 aliphatic carbocycles. The topological polar surface area (TPSA) is 131 Å². The van der Waals surface area contributed by atoms with Gasteiger partial charge in [0.05, 0.1) is 17.8 Å². The monoisotopic (exact) mass is 600 g/mol. The standard InChI is InChI=1S/C32H33FN6O5/c1-32(2,3)44-31(43)38-15-5-6-23(18-38)39(29-24-10-7-20(8-12-28(40)41)16-21(24)13-14-34-29)30(42)25-11-9-22(17-26(25)33)27-19-37(4)36-35-27/h7-14,16-17,19,23H,5-6,15,18H2,1-4H3,(H,40,41)/b12-8+/t23-/m1/s1. The molecule has 5 rings (SSSR count). The van der Waals surface area contributed by atoms with Crippen molar-refractivity contribution in [2.75, 3.05) is 18.0 Å². The number of likely N-dealkylation sites (tertiary alicyclic amines) is 1. The number of carboxylic acid groups (broad SMARTS) is 1. The van der Waals surface area contributed by atoms with Crippen LogP contribution in [0.15, 0.2) is 60.9 Å². The number of amides is 2. The molecule has 2 amide bonds. The van der Waals surface area contributed by atoms with E-state index in [0.29, 0.717) is 52.8 Å². The van der Waals surface area contributed by atoms with E-state index in [1.54, 1.807) is 75.4 Å². The molecule has 4 aromatic rings. The van der Waals surface area contributed by atoms with E-state index >= 15 is 4.39 Å². The molecule has 1 aliphatic rings. The van der Waals surface area contributed by atoms with Crippen molar-refractivity contribution in [3.63, 3.8) is 0 Å². The van der Waals surface area contributed by atoms with Crippen molar-refractivity contribution in [2.45, 2.75) is 45.3 Å². The fraction of sp³-hybridized carbons (Fsp3) is 0.312. The first-order chi connectivity index (χ1) is 20.9. The van der Waals surface area contributed by atoms with Crippen molar-refractivity contribution < 1.29 is 28.6 Å². The summed E-state index contributed by atoms with van der Waals surface area (Å²) in [5.41, 5.74) is 0.724. The summed E-state index contributed by atoms with van der Waals surface area (Å²) in [4.78, 5) is 46.0. The van der Waals surface area contributed by atoms with Gasteiger partial charge in [-0.1, -0.05) is 23.4 Å². The zero-order valence-corrected chi connectivity index (χ0v) is 24.9. The van der Waals surface area contributed by atoms with Crippen LogP contribution < -0.4 is 4.90 Å². The first kappa shape index (κ1) is 30.3. The van der Waals surface area contributed by atoms with Gasteiger partial charge in [0.2, 0.25) is 0 Å². The van der Waals surface area contributed by atoms with Crippen molar-refractivity contribution in [1.82, 2.24) is 24.9 Å². The number of aromatic nitrogens is 4. The van der Waals surface area contributed by atoms with Gasteiger partial charge in [-0.3, -0.25) is 14.4 Å². The molecule has 2 aromatic heterocycles. The van der Waals surface area contributed by atoms with Crippen LogP contribution >= 0.6 is 0 Å². The Bertz CT molecular complexity index is 1760. The van der Waals surface area contributed by atoms with Crippen LogP contribution in [0.3, 0.4) is 0 Å². The number of carboxylic acids is 1. The molecular weight excluding hydrogens is 567 g/mol. The van der Waals surface area contributed by atoms with Gasteiger partial charge in [-0.25, -0.2) is 19.0 Å². The van der Waals surface area contributed by atoms with Crippen molar-refractivity contribution in [3.8, 4) is 11.3 Å². The van der Waals surface area contributed by atoms with Crippen LogP contribution in [0.25, 0.3) is 28.1 Å². The number of nitrogens with zero attached hydrogens (tertiary/aromatic N) is 6. The zero-order valence-electron chi connectivity index (χ0n) is 24.9. The second kappa shape index (κ2) is 12.2. The molecule has 1 fully saturated rings. The molecule has 0 spiro atoms. The minimum atomic E-state index is -1.07. The zero-order chi connectivity index (χ0) is 31.6. The van der Waals surface area contributed by atoms with E-state index in [1.807, 2.05) is 0 Å². The maximum Gasteiger partial charge on any atom is 0.410 e. The Morgan fingerprint density at radius 2 is 1.93 bits per heavy atom. The molecule has 2 aromatic carbocycles. The van der Waals surface area contributed by atoms with Gasteiger partial charge < -0.3 is 14.7 Å². The molecule has 1 saturated heterocycles. The summed E-state index contributed by atoms with van der Waals surface area (Å²) in [7, 11) is 1.70. The highest BCUT2D eigenvalue weighted by Crippen LogP contribution is 2.32. The van der Waals surface area contributed by atoms with Gasteiger partial charge >= 0.3 is 12.1 Å². The minimum Gasteiger partial charge on any atom is -0.478 e. The van der Waals surface area contributed by atoms with Crippen molar-refractivity contribution in [3.05, 3.63) is 77.9 Å². The Hall–Kier alpha value is -5.13. The molecule has 228 valence electrons. The molecule has 1 N–H and O–H groups in total. The van der Waals surface area contributed by atoms with Gasteiger partial charge in [0.25, 0.3) is 5.91 Å². The number of ether oxygens (including phenoxy) is 1. The summed E-state index contributed by atoms with van der Waals surface area (Å²) < 4.78 is 22.8. The maximum atomic E-state index is 15.7. The molecule has 44 heavy (non-hydrogen) atoms. The molecule has 1 atom stereocenters. The number of aliphatic carboxylic acids is 1. The molecule has 0 saturated carbocycles. The molecule has 12 heteroatoms. The molecule has 0 unspecified atom stereocenters. The lowest BCUT2D eigenvalue weighted by Crippen LogP contribution is -2.53. The summed E-state index contributed by atoms with van der Waals surface area (Å²) in [6.45, 7) is 5.98. The fourth-order valence-electron chi connectivity index (χ4n) is 5.19. The van der Waals surface area contributed by atoms with Crippen LogP contribution in [-0.2, 0) is 16.6 Å². The summed E-state index contributed by atoms with van der Waals surface area (Å²) in [6, 6.07) is 10.8. The van der Waals surface area contributed by atoms with E-state index in [2.05, 4.69) is 15.3 Å². The number of fused-ring (bicyclic) bond motifs is 1. The van der Waals surface area contributed by atoms with Crippen LogP contribution in [0.2, 0.25) is 0 Å². The summed E-state index contributed by atoms with van der Waals surface area (Å²) >= 11 is 0. The number of benzene rings is 2. The highest BCUT2D eigenvalue weighted by atomic mass is 19.1. The van der Waals surface area contributed by atoms with E-state index in [4.69, 9.17) is 9.84 Å². The van der Waals surface area contributed by atoms with Crippen LogP contribution in [0.5, 0.6) is 0 Å². The summed E-state index contributed by atoms with van der Waals surface area (Å²) in [5, 5.41) is 18.3. The number of carbonyl (C=O) groups is 3. The number of hydrogen-bond donors (Lipinski definition) is 1. The Morgan fingerprint density at radius 3 is 2.61 bits per heavy atom. The number of halogens is 1. The van der Waals surface area contributed by atoms with E-state index in [-0.39, 0.29) is 12.1 Å². The largest absolute Gasteiger partial charge is 0.478 e. The lowest BCUT2D eigenvalue weighted by atomic mass is 10.0. The number of anilines is 1. The van der Waals surface area contributed by atoms with Crippen LogP contribution in [0.1, 0.15) is 49.5 Å². The predicted molar refractivity (Wildman–Crippen MR) is 162 cm³/mol. The Labute approximate surface area is 253 Å². The third-order valence-corrected chi connectivity index (χ3v) is 7.14. The Balaban J connectivity index is 1.57. The molecule has 0 bridgehead atoms. The molecule has 11 nitrogen and oxygen atoms in total. The van der Waals surface area contributed by atoms with Gasteiger partial charge in [0.1, 0.15) is 22.9 Å². The Morgan fingerprint density at radius 1 is 1.14 bits per heavy atom. The van der Waals surface area contributed by atoms with Gasteiger partial charge in [0, 0.05) is 43.4 Å². The average molecular weight is 601 g/mol. The van der Waals surface area contributed by atoms with Gasteiger partial charge in [-0.05, 0) is 74.9 Å². The fourth-order valence-corrected chi connectivity index (χ4v) is 5.19. The van der Waals surface area contributed by atoms with E-state index in [9.17, 15) is 14.4 Å². The highest BCUT2D eigenvalue weighted by Gasteiger charge is 2.36. The predicted octanol–water partition coefficient (Wildman–Crippen LogP) is 5.31. The molecule has 0 radical (unpaired) electrons. The van der Waals surface area contributed by atoms with Crippen LogP contribution in [0.4, 0.5) is 15.0 Å². The van der Waals surface area contributed by atoms with Gasteiger partial charge in [-0.2, -0.15) is 0 Å². The smallest absolute Gasteiger partial charge is 0.410 e. The van der Waals surface area contributed by atoms with E-state index in [1.165, 1.54) is 27.8 Å².